The maximum atomic E-state index is 11.2. The largest absolute Gasteiger partial charge is 0.229 e. The van der Waals surface area contributed by atoms with Crippen LogP contribution in [0.15, 0.2) is 0 Å². The molecule has 0 aliphatic heterocycles. The molecule has 2 nitrogen and oxygen atoms in total. The summed E-state index contributed by atoms with van der Waals surface area (Å²) in [7, 11) is -2.73. The van der Waals surface area contributed by atoms with Gasteiger partial charge in [-0.05, 0) is 12.8 Å². The first-order chi connectivity index (χ1) is 7.12. The number of halogens is 1. The van der Waals surface area contributed by atoms with Crippen LogP contribution in [0.5, 0.6) is 0 Å². The maximum Gasteiger partial charge on any atom is 0.150 e. The molecule has 0 aromatic rings. The topological polar surface area (TPSA) is 34.1 Å². The lowest BCUT2D eigenvalue weighted by atomic mass is 10.1. The van der Waals surface area contributed by atoms with E-state index in [1.54, 1.807) is 6.92 Å². The van der Waals surface area contributed by atoms with Gasteiger partial charge in [0.1, 0.15) is 9.84 Å². The van der Waals surface area contributed by atoms with Crippen LogP contribution in [0.4, 0.5) is 0 Å². The zero-order chi connectivity index (χ0) is 11.6. The molecule has 0 fully saturated rings. The second kappa shape index (κ2) is 9.64. The van der Waals surface area contributed by atoms with Crippen LogP contribution in [-0.4, -0.2) is 25.3 Å². The smallest absolute Gasteiger partial charge is 0.150 e. The third kappa shape index (κ3) is 10.7. The number of rotatable bonds is 10. The molecular formula is C11H23BrO2S. The first-order valence-corrected chi connectivity index (χ1v) is 8.83. The second-order valence-electron chi connectivity index (χ2n) is 3.90. The van der Waals surface area contributed by atoms with Crippen LogP contribution in [0.1, 0.15) is 51.9 Å². The van der Waals surface area contributed by atoms with E-state index < -0.39 is 9.84 Å². The van der Waals surface area contributed by atoms with Gasteiger partial charge >= 0.3 is 0 Å². The first-order valence-electron chi connectivity index (χ1n) is 5.89. The van der Waals surface area contributed by atoms with E-state index in [9.17, 15) is 8.42 Å². The van der Waals surface area contributed by atoms with E-state index in [-0.39, 0.29) is 5.75 Å². The van der Waals surface area contributed by atoms with Crippen molar-refractivity contribution >= 4 is 25.8 Å². The molecule has 0 aliphatic rings. The molecule has 0 bridgehead atoms. The zero-order valence-corrected chi connectivity index (χ0v) is 12.1. The summed E-state index contributed by atoms with van der Waals surface area (Å²) in [4.78, 5) is 0. The van der Waals surface area contributed by atoms with Crippen molar-refractivity contribution in [2.45, 2.75) is 51.9 Å². The van der Waals surface area contributed by atoms with Crippen LogP contribution in [-0.2, 0) is 9.84 Å². The van der Waals surface area contributed by atoms with Crippen LogP contribution in [0.3, 0.4) is 0 Å². The van der Waals surface area contributed by atoms with Gasteiger partial charge < -0.3 is 0 Å². The van der Waals surface area contributed by atoms with Gasteiger partial charge in [-0.1, -0.05) is 55.0 Å². The standard InChI is InChI=1S/C11H23BrO2S/c1-2-15(13,14)11-9-7-5-3-4-6-8-10-12/h2-11H2,1H3. The minimum absolute atomic E-state index is 0.290. The highest BCUT2D eigenvalue weighted by molar-refractivity contribution is 9.09. The number of alkyl halides is 1. The molecule has 0 N–H and O–H groups in total. The fraction of sp³-hybridized carbons (Fsp3) is 1.00. The molecule has 92 valence electrons. The van der Waals surface area contributed by atoms with E-state index in [0.717, 1.165) is 18.2 Å². The van der Waals surface area contributed by atoms with Gasteiger partial charge in [0.2, 0.25) is 0 Å². The minimum Gasteiger partial charge on any atom is -0.229 e. The van der Waals surface area contributed by atoms with Crippen LogP contribution in [0, 0.1) is 0 Å². The van der Waals surface area contributed by atoms with Gasteiger partial charge in [-0.25, -0.2) is 8.42 Å². The lowest BCUT2D eigenvalue weighted by molar-refractivity contribution is 0.580. The third-order valence-corrected chi connectivity index (χ3v) is 4.88. The molecule has 0 aliphatic carbocycles. The lowest BCUT2D eigenvalue weighted by Gasteiger charge is -2.02. The summed E-state index contributed by atoms with van der Waals surface area (Å²) in [5.41, 5.74) is 0. The Morgan fingerprint density at radius 3 is 1.80 bits per heavy atom. The number of sulfone groups is 1. The molecule has 0 rings (SSSR count). The SMILES string of the molecule is CCS(=O)(=O)CCCCCCCCCBr. The summed E-state index contributed by atoms with van der Waals surface area (Å²) >= 11 is 3.41. The molecule has 0 atom stereocenters. The summed E-state index contributed by atoms with van der Waals surface area (Å²) in [6.45, 7) is 1.72. The first kappa shape index (κ1) is 15.4. The highest BCUT2D eigenvalue weighted by Crippen LogP contribution is 2.08. The van der Waals surface area contributed by atoms with Crippen molar-refractivity contribution in [3.63, 3.8) is 0 Å². The van der Waals surface area contributed by atoms with E-state index in [2.05, 4.69) is 15.9 Å². The molecule has 0 aromatic heterocycles. The van der Waals surface area contributed by atoms with Crippen LogP contribution in [0.2, 0.25) is 0 Å². The third-order valence-electron chi connectivity index (χ3n) is 2.53. The van der Waals surface area contributed by atoms with Crippen molar-refractivity contribution in [1.29, 1.82) is 0 Å². The van der Waals surface area contributed by atoms with Crippen LogP contribution < -0.4 is 0 Å². The molecule has 15 heavy (non-hydrogen) atoms. The fourth-order valence-electron chi connectivity index (χ4n) is 1.44. The average molecular weight is 299 g/mol. The Morgan fingerprint density at radius 1 is 0.867 bits per heavy atom. The molecule has 0 heterocycles. The Hall–Kier alpha value is 0.430. The Bertz CT molecular complexity index is 225. The molecule has 0 saturated heterocycles. The van der Waals surface area contributed by atoms with Crippen molar-refractivity contribution in [2.24, 2.45) is 0 Å². The number of unbranched alkanes of at least 4 members (excludes halogenated alkanes) is 6. The van der Waals surface area contributed by atoms with Crippen molar-refractivity contribution in [3.8, 4) is 0 Å². The molecule has 0 radical (unpaired) electrons. The Labute approximate surface area is 103 Å². The van der Waals surface area contributed by atoms with Crippen molar-refractivity contribution in [1.82, 2.24) is 0 Å². The number of hydrogen-bond acceptors (Lipinski definition) is 2. The predicted octanol–water partition coefficient (Wildman–Crippen LogP) is 3.55. The molecule has 0 aromatic carbocycles. The summed E-state index contributed by atoms with van der Waals surface area (Å²) in [5, 5.41) is 1.10. The van der Waals surface area contributed by atoms with Gasteiger partial charge in [0, 0.05) is 11.1 Å². The van der Waals surface area contributed by atoms with E-state index in [0.29, 0.717) is 5.75 Å². The molecule has 0 saturated carbocycles. The molecule has 4 heteroatoms. The molecular weight excluding hydrogens is 276 g/mol. The van der Waals surface area contributed by atoms with Crippen LogP contribution in [0.25, 0.3) is 0 Å². The van der Waals surface area contributed by atoms with Crippen molar-refractivity contribution < 1.29 is 8.42 Å². The second-order valence-corrected chi connectivity index (χ2v) is 7.17. The van der Waals surface area contributed by atoms with Crippen molar-refractivity contribution in [3.05, 3.63) is 0 Å². The van der Waals surface area contributed by atoms with Gasteiger partial charge in [-0.15, -0.1) is 0 Å². The fourth-order valence-corrected chi connectivity index (χ4v) is 2.77. The van der Waals surface area contributed by atoms with Gasteiger partial charge in [-0.2, -0.15) is 0 Å². The van der Waals surface area contributed by atoms with E-state index >= 15 is 0 Å². The van der Waals surface area contributed by atoms with Gasteiger partial charge in [0.15, 0.2) is 0 Å². The summed E-state index contributed by atoms with van der Waals surface area (Å²) in [6, 6.07) is 0. The minimum atomic E-state index is -2.73. The summed E-state index contributed by atoms with van der Waals surface area (Å²) in [5.74, 6) is 0.670. The average Bonchev–Trinajstić information content (AvgIpc) is 2.22. The van der Waals surface area contributed by atoms with Gasteiger partial charge in [0.25, 0.3) is 0 Å². The zero-order valence-electron chi connectivity index (χ0n) is 9.67. The highest BCUT2D eigenvalue weighted by atomic mass is 79.9. The predicted molar refractivity (Wildman–Crippen MR) is 70.4 cm³/mol. The molecule has 0 amide bonds. The number of hydrogen-bond donors (Lipinski definition) is 0. The normalized spacial score (nSPS) is 11.9. The van der Waals surface area contributed by atoms with E-state index in [4.69, 9.17) is 0 Å². The van der Waals surface area contributed by atoms with Gasteiger partial charge in [-0.3, -0.25) is 0 Å². The Balaban J connectivity index is 3.19. The Morgan fingerprint density at radius 2 is 1.33 bits per heavy atom. The maximum absolute atomic E-state index is 11.2. The van der Waals surface area contributed by atoms with E-state index in [1.807, 2.05) is 0 Å². The highest BCUT2D eigenvalue weighted by Gasteiger charge is 2.05. The van der Waals surface area contributed by atoms with Gasteiger partial charge in [0.05, 0.1) is 5.75 Å². The quantitative estimate of drug-likeness (QED) is 0.457. The molecule has 0 unspecified atom stereocenters. The summed E-state index contributed by atoms with van der Waals surface area (Å²) < 4.78 is 22.3. The van der Waals surface area contributed by atoms with E-state index in [1.165, 1.54) is 32.1 Å². The summed E-state index contributed by atoms with van der Waals surface area (Å²) in [6.07, 6.45) is 8.16. The lowest BCUT2D eigenvalue weighted by Crippen LogP contribution is -2.08. The molecule has 0 spiro atoms. The Kier molecular flexibility index (Phi) is 9.92. The monoisotopic (exact) mass is 298 g/mol. The van der Waals surface area contributed by atoms with Crippen LogP contribution >= 0.6 is 15.9 Å². The van der Waals surface area contributed by atoms with Crippen molar-refractivity contribution in [2.75, 3.05) is 16.8 Å².